The molecular formula is C22H16ClN2O3-. The number of nitro benzene ring substituents is 1. The van der Waals surface area contributed by atoms with E-state index in [2.05, 4.69) is 0 Å². The first kappa shape index (κ1) is 19.3. The lowest BCUT2D eigenvalue weighted by molar-refractivity contribution is -0.384. The van der Waals surface area contributed by atoms with Crippen LogP contribution in [-0.4, -0.2) is 17.0 Å². The molecule has 0 bridgehead atoms. The number of nitro groups is 1. The number of hydrogen-bond acceptors (Lipinski definition) is 4. The van der Waals surface area contributed by atoms with Gasteiger partial charge in [0.15, 0.2) is 0 Å². The Balaban J connectivity index is 0.00000225. The third-order valence-corrected chi connectivity index (χ3v) is 4.45. The number of fused-ring (bicyclic) bond motifs is 1. The highest BCUT2D eigenvalue weighted by atomic mass is 35.5. The number of rotatable bonds is 4. The summed E-state index contributed by atoms with van der Waals surface area (Å²) < 4.78 is 5.32. The van der Waals surface area contributed by atoms with Crippen molar-refractivity contribution in [2.24, 2.45) is 0 Å². The summed E-state index contributed by atoms with van der Waals surface area (Å²) >= 11 is 0. The van der Waals surface area contributed by atoms with Gasteiger partial charge < -0.3 is 17.1 Å². The van der Waals surface area contributed by atoms with Gasteiger partial charge in [-0.3, -0.25) is 10.1 Å². The van der Waals surface area contributed by atoms with Crippen molar-refractivity contribution in [3.8, 4) is 28.1 Å². The van der Waals surface area contributed by atoms with Crippen LogP contribution in [0.4, 0.5) is 5.69 Å². The summed E-state index contributed by atoms with van der Waals surface area (Å²) in [6.07, 6.45) is 0. The molecule has 0 saturated heterocycles. The van der Waals surface area contributed by atoms with E-state index < -0.39 is 0 Å². The summed E-state index contributed by atoms with van der Waals surface area (Å²) in [4.78, 5) is 15.6. The maximum absolute atomic E-state index is 11.2. The Kier molecular flexibility index (Phi) is 5.57. The molecule has 0 unspecified atom stereocenters. The van der Waals surface area contributed by atoms with Crippen LogP contribution in [0.2, 0.25) is 0 Å². The molecule has 0 aliphatic heterocycles. The lowest BCUT2D eigenvalue weighted by atomic mass is 9.98. The summed E-state index contributed by atoms with van der Waals surface area (Å²) in [6, 6.07) is 24.2. The van der Waals surface area contributed by atoms with Crippen LogP contribution in [0.25, 0.3) is 33.3 Å². The highest BCUT2D eigenvalue weighted by molar-refractivity contribution is 5.97. The van der Waals surface area contributed by atoms with Gasteiger partial charge in [-0.1, -0.05) is 42.5 Å². The van der Waals surface area contributed by atoms with E-state index in [-0.39, 0.29) is 23.0 Å². The van der Waals surface area contributed by atoms with Crippen LogP contribution >= 0.6 is 0 Å². The Morgan fingerprint density at radius 1 is 0.893 bits per heavy atom. The number of pyridine rings is 1. The zero-order chi connectivity index (χ0) is 18.8. The monoisotopic (exact) mass is 391 g/mol. The van der Waals surface area contributed by atoms with Gasteiger partial charge in [-0.05, 0) is 35.4 Å². The van der Waals surface area contributed by atoms with E-state index in [1.165, 1.54) is 6.07 Å². The predicted octanol–water partition coefficient (Wildman–Crippen LogP) is 2.49. The molecule has 3 aromatic carbocycles. The third-order valence-electron chi connectivity index (χ3n) is 4.45. The zero-order valence-electron chi connectivity index (χ0n) is 15.0. The molecule has 4 aromatic rings. The molecule has 0 aliphatic carbocycles. The van der Waals surface area contributed by atoms with Crippen molar-refractivity contribution in [2.45, 2.75) is 0 Å². The summed E-state index contributed by atoms with van der Waals surface area (Å²) in [5.74, 6) is 0.749. The SMILES string of the molecule is COc1cccc(-c2cc(-c3ccccc3)c3cc([N+](=O)[O-])ccc3n2)c1.[Cl-]. The second-order valence-electron chi connectivity index (χ2n) is 6.11. The van der Waals surface area contributed by atoms with Crippen molar-refractivity contribution in [3.05, 3.63) is 89.0 Å². The fraction of sp³-hybridized carbons (Fsp3) is 0.0455. The van der Waals surface area contributed by atoms with Crippen molar-refractivity contribution < 1.29 is 22.1 Å². The van der Waals surface area contributed by atoms with E-state index in [1.807, 2.05) is 60.7 Å². The molecule has 1 heterocycles. The second-order valence-corrected chi connectivity index (χ2v) is 6.11. The molecule has 0 radical (unpaired) electrons. The van der Waals surface area contributed by atoms with Crippen molar-refractivity contribution in [1.29, 1.82) is 0 Å². The van der Waals surface area contributed by atoms with Gasteiger partial charge in [-0.15, -0.1) is 0 Å². The Hall–Kier alpha value is -3.44. The number of ether oxygens (including phenoxy) is 1. The minimum atomic E-state index is -0.385. The number of nitrogens with zero attached hydrogens (tertiary/aromatic N) is 2. The Morgan fingerprint density at radius 3 is 2.36 bits per heavy atom. The average Bonchev–Trinajstić information content (AvgIpc) is 2.73. The van der Waals surface area contributed by atoms with Crippen LogP contribution in [0.3, 0.4) is 0 Å². The Morgan fingerprint density at radius 2 is 1.64 bits per heavy atom. The molecular weight excluding hydrogens is 376 g/mol. The number of benzene rings is 3. The lowest BCUT2D eigenvalue weighted by Crippen LogP contribution is -3.00. The van der Waals surface area contributed by atoms with E-state index in [9.17, 15) is 10.1 Å². The van der Waals surface area contributed by atoms with Crippen molar-refractivity contribution in [1.82, 2.24) is 4.98 Å². The summed E-state index contributed by atoms with van der Waals surface area (Å²) in [5.41, 5.74) is 4.35. The van der Waals surface area contributed by atoms with Crippen molar-refractivity contribution in [3.63, 3.8) is 0 Å². The molecule has 0 aliphatic rings. The van der Waals surface area contributed by atoms with E-state index in [0.29, 0.717) is 5.52 Å². The third kappa shape index (κ3) is 3.66. The summed E-state index contributed by atoms with van der Waals surface area (Å²) in [5, 5.41) is 12.0. The van der Waals surface area contributed by atoms with Gasteiger partial charge in [0.2, 0.25) is 0 Å². The van der Waals surface area contributed by atoms with E-state index >= 15 is 0 Å². The van der Waals surface area contributed by atoms with Gasteiger partial charge in [0, 0.05) is 23.1 Å². The fourth-order valence-corrected chi connectivity index (χ4v) is 3.11. The van der Waals surface area contributed by atoms with Crippen LogP contribution in [-0.2, 0) is 0 Å². The van der Waals surface area contributed by atoms with Crippen LogP contribution in [0.15, 0.2) is 78.9 Å². The quantitative estimate of drug-likeness (QED) is 0.396. The highest BCUT2D eigenvalue weighted by Gasteiger charge is 2.14. The molecule has 28 heavy (non-hydrogen) atoms. The van der Waals surface area contributed by atoms with Gasteiger partial charge in [0.25, 0.3) is 5.69 Å². The first-order valence-corrected chi connectivity index (χ1v) is 8.45. The predicted molar refractivity (Wildman–Crippen MR) is 106 cm³/mol. The topological polar surface area (TPSA) is 65.3 Å². The zero-order valence-corrected chi connectivity index (χ0v) is 15.8. The largest absolute Gasteiger partial charge is 1.00 e. The number of hydrogen-bond donors (Lipinski definition) is 0. The van der Waals surface area contributed by atoms with Crippen LogP contribution in [0.5, 0.6) is 5.75 Å². The van der Waals surface area contributed by atoms with Crippen LogP contribution < -0.4 is 17.1 Å². The average molecular weight is 392 g/mol. The van der Waals surface area contributed by atoms with Gasteiger partial charge in [0.1, 0.15) is 5.75 Å². The summed E-state index contributed by atoms with van der Waals surface area (Å²) in [6.45, 7) is 0. The molecule has 6 heteroatoms. The van der Waals surface area contributed by atoms with Gasteiger partial charge in [0.05, 0.1) is 23.2 Å². The first-order chi connectivity index (χ1) is 13.2. The number of aromatic nitrogens is 1. The number of methoxy groups -OCH3 is 1. The molecule has 5 nitrogen and oxygen atoms in total. The Labute approximate surface area is 168 Å². The molecule has 1 aromatic heterocycles. The molecule has 0 fully saturated rings. The maximum atomic E-state index is 11.2. The first-order valence-electron chi connectivity index (χ1n) is 8.45. The minimum Gasteiger partial charge on any atom is -1.00 e. The van der Waals surface area contributed by atoms with Crippen LogP contribution in [0, 0.1) is 10.1 Å². The van der Waals surface area contributed by atoms with E-state index in [0.717, 1.165) is 33.5 Å². The molecule has 140 valence electrons. The normalized spacial score (nSPS) is 10.3. The van der Waals surface area contributed by atoms with Gasteiger partial charge >= 0.3 is 0 Å². The lowest BCUT2D eigenvalue weighted by Gasteiger charge is -2.11. The number of non-ortho nitro benzene ring substituents is 1. The molecule has 4 rings (SSSR count). The summed E-state index contributed by atoms with van der Waals surface area (Å²) in [7, 11) is 1.63. The van der Waals surface area contributed by atoms with Crippen LogP contribution in [0.1, 0.15) is 0 Å². The maximum Gasteiger partial charge on any atom is 0.270 e. The van der Waals surface area contributed by atoms with Gasteiger partial charge in [-0.25, -0.2) is 4.98 Å². The molecule has 0 atom stereocenters. The minimum absolute atomic E-state index is 0. The second kappa shape index (κ2) is 8.06. The Bertz CT molecular complexity index is 1150. The molecule has 0 N–H and O–H groups in total. The molecule has 0 spiro atoms. The van der Waals surface area contributed by atoms with E-state index in [4.69, 9.17) is 9.72 Å². The smallest absolute Gasteiger partial charge is 0.270 e. The highest BCUT2D eigenvalue weighted by Crippen LogP contribution is 2.34. The molecule has 0 saturated carbocycles. The standard InChI is InChI=1S/C22H16N2O3.ClH/c1-27-18-9-5-8-16(12-18)22-14-19(15-6-3-2-4-7-15)20-13-17(24(25)26)10-11-21(20)23-22;/h2-14H,1H3;1H/p-1. The van der Waals surface area contributed by atoms with Crippen molar-refractivity contribution >= 4 is 16.6 Å². The number of halogens is 1. The van der Waals surface area contributed by atoms with Gasteiger partial charge in [-0.2, -0.15) is 0 Å². The fourth-order valence-electron chi connectivity index (χ4n) is 3.11. The van der Waals surface area contributed by atoms with E-state index in [1.54, 1.807) is 19.2 Å². The molecule has 0 amide bonds. The van der Waals surface area contributed by atoms with Crippen molar-refractivity contribution in [2.75, 3.05) is 7.11 Å².